The second-order valence-corrected chi connectivity index (χ2v) is 4.50. The van der Waals surface area contributed by atoms with Gasteiger partial charge in [0.15, 0.2) is 12.7 Å². The predicted octanol–water partition coefficient (Wildman–Crippen LogP) is 1.57. The number of hydrogen-bond acceptors (Lipinski definition) is 4. The molecular weight excluding hydrogens is 258 g/mol. The lowest BCUT2D eigenvalue weighted by Gasteiger charge is -2.15. The number of aliphatic hydroxyl groups excluding tert-OH is 1. The van der Waals surface area contributed by atoms with E-state index in [1.165, 1.54) is 0 Å². The van der Waals surface area contributed by atoms with Crippen LogP contribution < -0.4 is 5.32 Å². The highest BCUT2D eigenvalue weighted by Crippen LogP contribution is 2.13. The molecule has 1 aromatic rings. The quantitative estimate of drug-likeness (QED) is 0.743. The summed E-state index contributed by atoms with van der Waals surface area (Å²) >= 11 is 0. The summed E-state index contributed by atoms with van der Waals surface area (Å²) in [4.78, 5) is 23.2. The van der Waals surface area contributed by atoms with E-state index in [4.69, 9.17) is 4.74 Å². The van der Waals surface area contributed by atoms with Gasteiger partial charge in [0.1, 0.15) is 0 Å². The van der Waals surface area contributed by atoms with Crippen molar-refractivity contribution in [3.05, 3.63) is 35.9 Å². The molecule has 2 N–H and O–H groups in total. The van der Waals surface area contributed by atoms with Crippen LogP contribution in [0.3, 0.4) is 0 Å². The maximum Gasteiger partial charge on any atom is 0.340 e. The molecule has 1 atom stereocenters. The molecule has 5 heteroatoms. The fraction of sp³-hybridized carbons (Fsp3) is 0.467. The molecule has 110 valence electrons. The van der Waals surface area contributed by atoms with E-state index in [0.29, 0.717) is 5.56 Å². The zero-order valence-electron chi connectivity index (χ0n) is 11.8. The lowest BCUT2D eigenvalue weighted by Crippen LogP contribution is -2.37. The zero-order valence-corrected chi connectivity index (χ0v) is 11.8. The van der Waals surface area contributed by atoms with Gasteiger partial charge in [-0.25, -0.2) is 4.79 Å². The number of hydrogen-bond donors (Lipinski definition) is 2. The summed E-state index contributed by atoms with van der Waals surface area (Å²) in [6.07, 6.45) is 0.281. The van der Waals surface area contributed by atoms with Gasteiger partial charge in [-0.2, -0.15) is 0 Å². The van der Waals surface area contributed by atoms with E-state index in [1.54, 1.807) is 30.3 Å². The van der Waals surface area contributed by atoms with Crippen molar-refractivity contribution in [1.82, 2.24) is 5.32 Å². The highest BCUT2D eigenvalue weighted by molar-refractivity contribution is 5.82. The summed E-state index contributed by atoms with van der Waals surface area (Å²) in [6.45, 7) is 3.57. The van der Waals surface area contributed by atoms with Gasteiger partial charge in [-0.3, -0.25) is 4.79 Å². The zero-order chi connectivity index (χ0) is 15.0. The van der Waals surface area contributed by atoms with E-state index in [-0.39, 0.29) is 18.6 Å². The number of benzene rings is 1. The smallest absolute Gasteiger partial charge is 0.340 e. The average Bonchev–Trinajstić information content (AvgIpc) is 2.50. The summed E-state index contributed by atoms with van der Waals surface area (Å²) < 4.78 is 4.81. The first-order chi connectivity index (χ1) is 9.58. The van der Waals surface area contributed by atoms with Gasteiger partial charge in [0.05, 0.1) is 0 Å². The Bertz CT molecular complexity index is 429. The van der Waals surface area contributed by atoms with E-state index in [9.17, 15) is 14.7 Å². The maximum absolute atomic E-state index is 11.6. The fourth-order valence-electron chi connectivity index (χ4n) is 1.75. The van der Waals surface area contributed by atoms with Crippen LogP contribution in [0.25, 0.3) is 0 Å². The van der Waals surface area contributed by atoms with Crippen LogP contribution in [0.1, 0.15) is 38.4 Å². The molecule has 0 radical (unpaired) electrons. The van der Waals surface area contributed by atoms with Crippen molar-refractivity contribution >= 4 is 11.9 Å². The van der Waals surface area contributed by atoms with Crippen LogP contribution in [-0.2, 0) is 14.3 Å². The molecule has 0 aliphatic rings. The van der Waals surface area contributed by atoms with E-state index >= 15 is 0 Å². The van der Waals surface area contributed by atoms with Crippen LogP contribution in [0.15, 0.2) is 30.3 Å². The minimum absolute atomic E-state index is 0.0836. The summed E-state index contributed by atoms with van der Waals surface area (Å²) in [6, 6.07) is 8.54. The SMILES string of the molecule is CCC(CC)NC(=O)COC(=O)[C@@H](O)c1ccccc1. The van der Waals surface area contributed by atoms with Crippen LogP contribution in [-0.4, -0.2) is 29.6 Å². The fourth-order valence-corrected chi connectivity index (χ4v) is 1.75. The number of esters is 1. The summed E-state index contributed by atoms with van der Waals surface area (Å²) in [5.74, 6) is -1.18. The lowest BCUT2D eigenvalue weighted by molar-refractivity contribution is -0.157. The van der Waals surface area contributed by atoms with Crippen LogP contribution in [0.5, 0.6) is 0 Å². The van der Waals surface area contributed by atoms with Gasteiger partial charge in [-0.1, -0.05) is 44.2 Å². The molecule has 1 aromatic carbocycles. The van der Waals surface area contributed by atoms with Gasteiger partial charge in [-0.15, -0.1) is 0 Å². The number of carbonyl (C=O) groups is 2. The van der Waals surface area contributed by atoms with Crippen LogP contribution >= 0.6 is 0 Å². The van der Waals surface area contributed by atoms with Crippen LogP contribution in [0.2, 0.25) is 0 Å². The predicted molar refractivity (Wildman–Crippen MR) is 74.9 cm³/mol. The molecule has 0 aliphatic carbocycles. The highest BCUT2D eigenvalue weighted by atomic mass is 16.5. The first-order valence-electron chi connectivity index (χ1n) is 6.77. The Morgan fingerprint density at radius 3 is 2.35 bits per heavy atom. The first-order valence-corrected chi connectivity index (χ1v) is 6.77. The van der Waals surface area contributed by atoms with Gasteiger partial charge >= 0.3 is 5.97 Å². The third-order valence-corrected chi connectivity index (χ3v) is 3.03. The second kappa shape index (κ2) is 8.32. The molecule has 0 unspecified atom stereocenters. The Labute approximate surface area is 118 Å². The third-order valence-electron chi connectivity index (χ3n) is 3.03. The van der Waals surface area contributed by atoms with Gasteiger partial charge < -0.3 is 15.2 Å². The molecule has 0 saturated carbocycles. The largest absolute Gasteiger partial charge is 0.453 e. The van der Waals surface area contributed by atoms with E-state index in [0.717, 1.165) is 12.8 Å². The standard InChI is InChI=1S/C15H21NO4/c1-3-12(4-2)16-13(17)10-20-15(19)14(18)11-8-6-5-7-9-11/h5-9,12,14,18H,3-4,10H2,1-2H3,(H,16,17)/t14-/m0/s1. The molecule has 0 fully saturated rings. The second-order valence-electron chi connectivity index (χ2n) is 4.50. The highest BCUT2D eigenvalue weighted by Gasteiger charge is 2.20. The average molecular weight is 279 g/mol. The molecule has 20 heavy (non-hydrogen) atoms. The normalized spacial score (nSPS) is 12.0. The van der Waals surface area contributed by atoms with E-state index in [1.807, 2.05) is 13.8 Å². The summed E-state index contributed by atoms with van der Waals surface area (Å²) in [5, 5.41) is 12.5. The lowest BCUT2D eigenvalue weighted by atomic mass is 10.1. The molecule has 0 saturated heterocycles. The van der Waals surface area contributed by atoms with Crippen LogP contribution in [0.4, 0.5) is 0 Å². The Morgan fingerprint density at radius 1 is 1.20 bits per heavy atom. The molecule has 0 aromatic heterocycles. The molecular formula is C15H21NO4. The third kappa shape index (κ3) is 5.01. The minimum Gasteiger partial charge on any atom is -0.453 e. The van der Waals surface area contributed by atoms with Crippen molar-refractivity contribution < 1.29 is 19.4 Å². The summed E-state index contributed by atoms with van der Waals surface area (Å²) in [5.41, 5.74) is 0.443. The summed E-state index contributed by atoms with van der Waals surface area (Å²) in [7, 11) is 0. The van der Waals surface area contributed by atoms with Gasteiger partial charge in [0.2, 0.25) is 0 Å². The topological polar surface area (TPSA) is 75.6 Å². The molecule has 0 heterocycles. The Hall–Kier alpha value is -1.88. The van der Waals surface area contributed by atoms with E-state index in [2.05, 4.69) is 5.32 Å². The van der Waals surface area contributed by atoms with Gasteiger partial charge in [0, 0.05) is 6.04 Å². The number of amides is 1. The molecule has 0 spiro atoms. The molecule has 1 rings (SSSR count). The van der Waals surface area contributed by atoms with E-state index < -0.39 is 12.1 Å². The number of nitrogens with one attached hydrogen (secondary N) is 1. The number of rotatable bonds is 7. The number of ether oxygens (including phenoxy) is 1. The molecule has 0 bridgehead atoms. The molecule has 5 nitrogen and oxygen atoms in total. The molecule has 0 aliphatic heterocycles. The van der Waals surface area contributed by atoms with Gasteiger partial charge in [0.25, 0.3) is 5.91 Å². The first kappa shape index (κ1) is 16.2. The number of carbonyl (C=O) groups excluding carboxylic acids is 2. The van der Waals surface area contributed by atoms with Crippen molar-refractivity contribution in [3.8, 4) is 0 Å². The van der Waals surface area contributed by atoms with Crippen molar-refractivity contribution in [1.29, 1.82) is 0 Å². The van der Waals surface area contributed by atoms with Crippen molar-refractivity contribution in [2.45, 2.75) is 38.8 Å². The maximum atomic E-state index is 11.6. The van der Waals surface area contributed by atoms with Crippen molar-refractivity contribution in [2.24, 2.45) is 0 Å². The van der Waals surface area contributed by atoms with Crippen LogP contribution in [0, 0.1) is 0 Å². The monoisotopic (exact) mass is 279 g/mol. The number of aliphatic hydroxyl groups is 1. The minimum atomic E-state index is -1.36. The Balaban J connectivity index is 2.41. The van der Waals surface area contributed by atoms with Crippen molar-refractivity contribution in [2.75, 3.05) is 6.61 Å². The van der Waals surface area contributed by atoms with Gasteiger partial charge in [-0.05, 0) is 18.4 Å². The Morgan fingerprint density at radius 2 is 1.80 bits per heavy atom. The molecule has 1 amide bonds. The Kier molecular flexibility index (Phi) is 6.73. The van der Waals surface area contributed by atoms with Crippen molar-refractivity contribution in [3.63, 3.8) is 0 Å².